The number of esters is 1. The lowest BCUT2D eigenvalue weighted by atomic mass is 9.86. The molecule has 6 heteroatoms. The average molecular weight is 308 g/mol. The van der Waals surface area contributed by atoms with Gasteiger partial charge in [-0.05, 0) is 50.9 Å². The number of hydrogen-bond acceptors (Lipinski definition) is 4. The maximum Gasteiger partial charge on any atom is 0.325 e. The Morgan fingerprint density at radius 1 is 1.32 bits per heavy atom. The third kappa shape index (κ3) is 2.83. The number of imide groups is 1. The summed E-state index contributed by atoms with van der Waals surface area (Å²) >= 11 is 0. The van der Waals surface area contributed by atoms with Crippen LogP contribution in [0.4, 0.5) is 4.79 Å². The van der Waals surface area contributed by atoms with Crippen LogP contribution in [0, 0.1) is 17.8 Å². The summed E-state index contributed by atoms with van der Waals surface area (Å²) in [4.78, 5) is 36.7. The Morgan fingerprint density at radius 2 is 2.09 bits per heavy atom. The van der Waals surface area contributed by atoms with Gasteiger partial charge in [0.2, 0.25) is 0 Å². The van der Waals surface area contributed by atoms with Crippen molar-refractivity contribution < 1.29 is 19.1 Å². The highest BCUT2D eigenvalue weighted by Gasteiger charge is 2.44. The topological polar surface area (TPSA) is 75.7 Å². The fraction of sp³-hybridized carbons (Fsp3) is 0.812. The van der Waals surface area contributed by atoms with Crippen molar-refractivity contribution in [1.82, 2.24) is 10.2 Å². The molecule has 6 nitrogen and oxygen atoms in total. The fourth-order valence-corrected chi connectivity index (χ4v) is 4.17. The van der Waals surface area contributed by atoms with E-state index >= 15 is 0 Å². The Morgan fingerprint density at radius 3 is 2.64 bits per heavy atom. The first-order chi connectivity index (χ1) is 10.4. The first kappa shape index (κ1) is 15.3. The zero-order valence-corrected chi connectivity index (χ0v) is 13.3. The van der Waals surface area contributed by atoms with Gasteiger partial charge in [0, 0.05) is 6.42 Å². The summed E-state index contributed by atoms with van der Waals surface area (Å²) in [6.45, 7) is 3.52. The molecule has 0 radical (unpaired) electrons. The molecular formula is C16H24N2O4. The van der Waals surface area contributed by atoms with E-state index in [9.17, 15) is 14.4 Å². The Balaban J connectivity index is 1.41. The normalized spacial score (nSPS) is 32.5. The van der Waals surface area contributed by atoms with Crippen LogP contribution < -0.4 is 5.32 Å². The number of hydrogen-bond donors (Lipinski definition) is 1. The van der Waals surface area contributed by atoms with E-state index in [-0.39, 0.29) is 25.0 Å². The van der Waals surface area contributed by atoms with Gasteiger partial charge in [0.05, 0.1) is 6.54 Å². The Labute approximate surface area is 130 Å². The van der Waals surface area contributed by atoms with E-state index in [0.29, 0.717) is 18.3 Å². The molecular weight excluding hydrogens is 284 g/mol. The summed E-state index contributed by atoms with van der Waals surface area (Å²) in [6, 6.07) is -0.417. The van der Waals surface area contributed by atoms with Gasteiger partial charge in [-0.3, -0.25) is 14.5 Å². The summed E-state index contributed by atoms with van der Waals surface area (Å²) in [5.41, 5.74) is -0.871. The van der Waals surface area contributed by atoms with Gasteiger partial charge in [0.25, 0.3) is 5.91 Å². The van der Waals surface area contributed by atoms with Crippen molar-refractivity contribution in [1.29, 1.82) is 0 Å². The number of nitrogens with one attached hydrogen (secondary N) is 1. The van der Waals surface area contributed by atoms with Gasteiger partial charge < -0.3 is 10.1 Å². The van der Waals surface area contributed by atoms with E-state index in [0.717, 1.165) is 17.2 Å². The zero-order valence-electron chi connectivity index (χ0n) is 13.3. The van der Waals surface area contributed by atoms with Crippen LogP contribution in [0.15, 0.2) is 0 Å². The molecule has 22 heavy (non-hydrogen) atoms. The minimum absolute atomic E-state index is 0.0783. The molecule has 3 atom stereocenters. The Hall–Kier alpha value is -1.59. The average Bonchev–Trinajstić information content (AvgIpc) is 3.08. The standard InChI is InChI=1S/C16H24N2O4/c1-16(2)14(20)18(15(21)17-16)5-6-22-13(19)9-12-8-10-3-4-11(12)7-10/h10-12H,3-9H2,1-2H3,(H,17,21)/t10-,11-,12+/m0/s1. The summed E-state index contributed by atoms with van der Waals surface area (Å²) in [5, 5.41) is 2.61. The molecule has 0 unspecified atom stereocenters. The largest absolute Gasteiger partial charge is 0.464 e. The van der Waals surface area contributed by atoms with Crippen molar-refractivity contribution in [3.8, 4) is 0 Å². The molecule has 0 aromatic rings. The van der Waals surface area contributed by atoms with E-state index in [2.05, 4.69) is 5.32 Å². The lowest BCUT2D eigenvalue weighted by molar-refractivity contribution is -0.146. The van der Waals surface area contributed by atoms with Crippen LogP contribution in [0.25, 0.3) is 0 Å². The quantitative estimate of drug-likeness (QED) is 0.619. The molecule has 0 aromatic heterocycles. The molecule has 0 spiro atoms. The molecule has 1 saturated heterocycles. The minimum atomic E-state index is -0.871. The van der Waals surface area contributed by atoms with E-state index in [1.165, 1.54) is 19.3 Å². The Kier molecular flexibility index (Phi) is 3.87. The SMILES string of the molecule is CC1(C)NC(=O)N(CCOC(=O)C[C@H]2C[C@H]3CC[C@H]2C3)C1=O. The highest BCUT2D eigenvalue weighted by Crippen LogP contribution is 2.49. The molecule has 2 bridgehead atoms. The first-order valence-corrected chi connectivity index (χ1v) is 8.16. The van der Waals surface area contributed by atoms with Crippen LogP contribution in [0.5, 0.6) is 0 Å². The minimum Gasteiger partial charge on any atom is -0.464 e. The second kappa shape index (κ2) is 5.56. The number of ether oxygens (including phenoxy) is 1. The number of rotatable bonds is 5. The second-order valence-corrected chi connectivity index (χ2v) is 7.37. The van der Waals surface area contributed by atoms with Gasteiger partial charge in [-0.25, -0.2) is 4.79 Å². The molecule has 3 fully saturated rings. The summed E-state index contributed by atoms with van der Waals surface area (Å²) in [5.74, 6) is 1.51. The van der Waals surface area contributed by atoms with Gasteiger partial charge in [-0.2, -0.15) is 0 Å². The van der Waals surface area contributed by atoms with Crippen molar-refractivity contribution in [2.45, 2.75) is 51.5 Å². The maximum atomic E-state index is 12.0. The van der Waals surface area contributed by atoms with Crippen molar-refractivity contribution >= 4 is 17.9 Å². The molecule has 1 heterocycles. The van der Waals surface area contributed by atoms with Gasteiger partial charge >= 0.3 is 12.0 Å². The van der Waals surface area contributed by atoms with Gasteiger partial charge in [-0.15, -0.1) is 0 Å². The lowest BCUT2D eigenvalue weighted by Crippen LogP contribution is -2.40. The van der Waals surface area contributed by atoms with Crippen LogP contribution in [0.1, 0.15) is 46.0 Å². The summed E-state index contributed by atoms with van der Waals surface area (Å²) in [6.07, 6.45) is 5.47. The van der Waals surface area contributed by atoms with Crippen LogP contribution in [0.3, 0.4) is 0 Å². The third-order valence-electron chi connectivity index (χ3n) is 5.34. The smallest absolute Gasteiger partial charge is 0.325 e. The monoisotopic (exact) mass is 308 g/mol. The van der Waals surface area contributed by atoms with E-state index in [1.54, 1.807) is 13.8 Å². The Bertz CT molecular complexity index is 502. The van der Waals surface area contributed by atoms with Gasteiger partial charge in [0.15, 0.2) is 0 Å². The van der Waals surface area contributed by atoms with Crippen LogP contribution in [-0.4, -0.2) is 41.5 Å². The molecule has 2 aliphatic carbocycles. The molecule has 2 saturated carbocycles. The predicted octanol–water partition coefficient (Wildman–Crippen LogP) is 1.69. The number of carbonyl (C=O) groups excluding carboxylic acids is 3. The summed E-state index contributed by atoms with van der Waals surface area (Å²) in [7, 11) is 0. The number of amides is 3. The first-order valence-electron chi connectivity index (χ1n) is 8.16. The molecule has 1 N–H and O–H groups in total. The molecule has 122 valence electrons. The van der Waals surface area contributed by atoms with Crippen LogP contribution in [-0.2, 0) is 14.3 Å². The van der Waals surface area contributed by atoms with E-state index < -0.39 is 11.6 Å². The predicted molar refractivity (Wildman–Crippen MR) is 78.8 cm³/mol. The highest BCUT2D eigenvalue weighted by atomic mass is 16.5. The van der Waals surface area contributed by atoms with Crippen LogP contribution in [0.2, 0.25) is 0 Å². The molecule has 0 aromatic carbocycles. The third-order valence-corrected chi connectivity index (χ3v) is 5.34. The number of nitrogens with zero attached hydrogens (tertiary/aromatic N) is 1. The number of carbonyl (C=O) groups is 3. The lowest BCUT2D eigenvalue weighted by Gasteiger charge is -2.21. The number of urea groups is 1. The van der Waals surface area contributed by atoms with E-state index in [1.807, 2.05) is 0 Å². The van der Waals surface area contributed by atoms with Crippen molar-refractivity contribution in [3.05, 3.63) is 0 Å². The van der Waals surface area contributed by atoms with Gasteiger partial charge in [0.1, 0.15) is 12.1 Å². The highest BCUT2D eigenvalue weighted by molar-refractivity contribution is 6.06. The molecule has 3 aliphatic rings. The van der Waals surface area contributed by atoms with Gasteiger partial charge in [-0.1, -0.05) is 6.42 Å². The van der Waals surface area contributed by atoms with E-state index in [4.69, 9.17) is 4.74 Å². The zero-order chi connectivity index (χ0) is 15.9. The van der Waals surface area contributed by atoms with Crippen molar-refractivity contribution in [2.75, 3.05) is 13.2 Å². The summed E-state index contributed by atoms with van der Waals surface area (Å²) < 4.78 is 5.23. The second-order valence-electron chi connectivity index (χ2n) is 7.37. The molecule has 1 aliphatic heterocycles. The van der Waals surface area contributed by atoms with Crippen molar-refractivity contribution in [3.63, 3.8) is 0 Å². The van der Waals surface area contributed by atoms with Crippen molar-refractivity contribution in [2.24, 2.45) is 17.8 Å². The molecule has 3 rings (SSSR count). The van der Waals surface area contributed by atoms with Crippen LogP contribution >= 0.6 is 0 Å². The number of fused-ring (bicyclic) bond motifs is 2. The maximum absolute atomic E-state index is 12.0. The molecule has 3 amide bonds. The fourth-order valence-electron chi connectivity index (χ4n) is 4.17.